The molecule has 1 aliphatic heterocycles. The lowest BCUT2D eigenvalue weighted by atomic mass is 10.1. The Morgan fingerprint density at radius 1 is 0.905 bits per heavy atom. The topological polar surface area (TPSA) is 93.5 Å². The fraction of sp³-hybridized carbons (Fsp3) is 0.433. The van der Waals surface area contributed by atoms with E-state index in [1.807, 2.05) is 36.7 Å². The van der Waals surface area contributed by atoms with Crippen LogP contribution >= 0.6 is 24.8 Å². The maximum Gasteiger partial charge on any atom is 0.338 e. The summed E-state index contributed by atoms with van der Waals surface area (Å²) in [5, 5.41) is 0.954. The number of nitrogens with zero attached hydrogens (tertiary/aromatic N) is 4. The van der Waals surface area contributed by atoms with E-state index in [9.17, 15) is 14.4 Å². The summed E-state index contributed by atoms with van der Waals surface area (Å²) in [4.78, 5) is 43.1. The van der Waals surface area contributed by atoms with Crippen LogP contribution in [-0.2, 0) is 27.8 Å². The number of aryl methyl sites for hydroxylation is 1. The molecule has 0 unspecified atom stereocenters. The third-order valence-corrected chi connectivity index (χ3v) is 7.44. The third-order valence-electron chi connectivity index (χ3n) is 7.44. The van der Waals surface area contributed by atoms with E-state index in [1.165, 1.54) is 0 Å². The van der Waals surface area contributed by atoms with Crippen molar-refractivity contribution in [3.05, 3.63) is 59.3 Å². The normalized spacial score (nSPS) is 13.5. The molecule has 42 heavy (non-hydrogen) atoms. The zero-order chi connectivity index (χ0) is 28.8. The monoisotopic (exact) mass is 622 g/mol. The van der Waals surface area contributed by atoms with Crippen molar-refractivity contribution in [2.24, 2.45) is 7.05 Å². The van der Waals surface area contributed by atoms with Crippen molar-refractivity contribution >= 4 is 53.6 Å². The summed E-state index contributed by atoms with van der Waals surface area (Å²) in [7, 11) is 7.11. The van der Waals surface area contributed by atoms with E-state index >= 15 is 0 Å². The number of piperazine rings is 1. The number of carbonyl (C=O) groups excluding carboxylic acids is 3. The summed E-state index contributed by atoms with van der Waals surface area (Å²) in [6.45, 7) is 6.58. The molecule has 1 saturated heterocycles. The van der Waals surface area contributed by atoms with Gasteiger partial charge in [-0.1, -0.05) is 0 Å². The van der Waals surface area contributed by atoms with Crippen LogP contribution in [0.15, 0.2) is 42.5 Å². The molecule has 2 heterocycles. The van der Waals surface area contributed by atoms with Gasteiger partial charge in [0.1, 0.15) is 18.1 Å². The standard InChI is InChI=1S/C30H38N4O6.2ClH/c1-21-25(26-18-24(38-5)10-11-27(26)32(21)4)19-29(36)40-23-8-6-22(7-9-23)30(37)39-17-16-33-12-14-34(15-13-33)20-28(35)31(2)3;;/h6-11,18H,12-17,19-20H2,1-5H3;2*1H. The largest absolute Gasteiger partial charge is 0.497 e. The van der Waals surface area contributed by atoms with Gasteiger partial charge in [0.05, 0.1) is 25.6 Å². The third kappa shape index (κ3) is 8.61. The zero-order valence-electron chi connectivity index (χ0n) is 24.8. The highest BCUT2D eigenvalue weighted by molar-refractivity contribution is 5.91. The molecule has 12 heteroatoms. The minimum atomic E-state index is -0.423. The van der Waals surface area contributed by atoms with Crippen LogP contribution in [0.1, 0.15) is 21.6 Å². The van der Waals surface area contributed by atoms with Gasteiger partial charge in [-0.25, -0.2) is 4.79 Å². The average molecular weight is 624 g/mol. The van der Waals surface area contributed by atoms with Gasteiger partial charge >= 0.3 is 11.9 Å². The molecular formula is C30H40Cl2N4O6. The molecule has 0 aliphatic carbocycles. The minimum absolute atomic E-state index is 0. The smallest absolute Gasteiger partial charge is 0.338 e. The maximum atomic E-state index is 12.8. The van der Waals surface area contributed by atoms with E-state index < -0.39 is 5.97 Å². The molecule has 10 nitrogen and oxygen atoms in total. The van der Waals surface area contributed by atoms with Gasteiger partial charge in [-0.05, 0) is 55.0 Å². The number of likely N-dealkylation sites (N-methyl/N-ethyl adjacent to an activating group) is 1. The molecule has 0 saturated carbocycles. The first-order chi connectivity index (χ1) is 19.2. The van der Waals surface area contributed by atoms with Gasteiger partial charge in [0, 0.05) is 70.5 Å². The lowest BCUT2D eigenvalue weighted by molar-refractivity contribution is -0.133. The highest BCUT2D eigenvalue weighted by atomic mass is 35.5. The van der Waals surface area contributed by atoms with Crippen LogP contribution in [-0.4, -0.2) is 104 Å². The van der Waals surface area contributed by atoms with Crippen molar-refractivity contribution in [1.29, 1.82) is 0 Å². The van der Waals surface area contributed by atoms with Crippen molar-refractivity contribution in [2.75, 3.05) is 67.1 Å². The second-order valence-electron chi connectivity index (χ2n) is 10.2. The number of halogens is 2. The zero-order valence-corrected chi connectivity index (χ0v) is 26.4. The van der Waals surface area contributed by atoms with Crippen LogP contribution in [0.25, 0.3) is 10.9 Å². The Kier molecular flexibility index (Phi) is 13.1. The van der Waals surface area contributed by atoms with Crippen LogP contribution in [0.3, 0.4) is 0 Å². The summed E-state index contributed by atoms with van der Waals surface area (Å²) in [5.74, 6) is 0.381. The van der Waals surface area contributed by atoms with E-state index in [0.717, 1.165) is 54.1 Å². The lowest BCUT2D eigenvalue weighted by Crippen LogP contribution is -2.49. The summed E-state index contributed by atoms with van der Waals surface area (Å²) >= 11 is 0. The molecule has 230 valence electrons. The second kappa shape index (κ2) is 15.8. The van der Waals surface area contributed by atoms with Crippen molar-refractivity contribution in [3.63, 3.8) is 0 Å². The number of fused-ring (bicyclic) bond motifs is 1. The molecule has 0 N–H and O–H groups in total. The highest BCUT2D eigenvalue weighted by Crippen LogP contribution is 2.29. The lowest BCUT2D eigenvalue weighted by Gasteiger charge is -2.34. The van der Waals surface area contributed by atoms with Gasteiger partial charge in [0.2, 0.25) is 5.91 Å². The number of amides is 1. The van der Waals surface area contributed by atoms with Crippen LogP contribution < -0.4 is 9.47 Å². The SMILES string of the molecule is COc1ccc2c(c1)c(CC(=O)Oc1ccc(C(=O)OCCN3CCN(CC(=O)N(C)C)CC3)cc1)c(C)n2C.Cl.Cl. The molecule has 0 spiro atoms. The van der Waals surface area contributed by atoms with E-state index in [0.29, 0.717) is 24.4 Å². The molecule has 1 aromatic heterocycles. The van der Waals surface area contributed by atoms with Crippen LogP contribution in [0.4, 0.5) is 0 Å². The molecule has 1 amide bonds. The average Bonchev–Trinajstić information content (AvgIpc) is 3.18. The Morgan fingerprint density at radius 3 is 2.14 bits per heavy atom. The first-order valence-electron chi connectivity index (χ1n) is 13.4. The van der Waals surface area contributed by atoms with Gasteiger partial charge in [0.15, 0.2) is 0 Å². The van der Waals surface area contributed by atoms with Crippen molar-refractivity contribution in [2.45, 2.75) is 13.3 Å². The number of hydrogen-bond donors (Lipinski definition) is 0. The first-order valence-corrected chi connectivity index (χ1v) is 13.4. The molecule has 0 radical (unpaired) electrons. The molecule has 4 rings (SSSR count). The number of rotatable bonds is 10. The molecule has 0 atom stereocenters. The van der Waals surface area contributed by atoms with Crippen LogP contribution in [0.2, 0.25) is 0 Å². The van der Waals surface area contributed by atoms with E-state index in [2.05, 4.69) is 9.80 Å². The summed E-state index contributed by atoms with van der Waals surface area (Å²) in [5.41, 5.74) is 3.29. The Hall–Kier alpha value is -3.31. The summed E-state index contributed by atoms with van der Waals surface area (Å²) in [6, 6.07) is 12.2. The Labute approximate surface area is 259 Å². The van der Waals surface area contributed by atoms with Gasteiger partial charge in [-0.2, -0.15) is 0 Å². The van der Waals surface area contributed by atoms with Gasteiger partial charge in [0.25, 0.3) is 0 Å². The molecule has 1 aliphatic rings. The van der Waals surface area contributed by atoms with Crippen molar-refractivity contribution < 1.29 is 28.6 Å². The number of ether oxygens (including phenoxy) is 3. The molecule has 2 aromatic carbocycles. The predicted molar refractivity (Wildman–Crippen MR) is 166 cm³/mol. The van der Waals surface area contributed by atoms with Crippen molar-refractivity contribution in [1.82, 2.24) is 19.3 Å². The highest BCUT2D eigenvalue weighted by Gasteiger charge is 2.20. The van der Waals surface area contributed by atoms with E-state index in [1.54, 1.807) is 50.4 Å². The fourth-order valence-corrected chi connectivity index (χ4v) is 4.80. The summed E-state index contributed by atoms with van der Waals surface area (Å²) in [6.07, 6.45) is 0.111. The van der Waals surface area contributed by atoms with Gasteiger partial charge in [-0.3, -0.25) is 19.4 Å². The molecule has 1 fully saturated rings. The van der Waals surface area contributed by atoms with E-state index in [4.69, 9.17) is 14.2 Å². The van der Waals surface area contributed by atoms with E-state index in [-0.39, 0.29) is 49.7 Å². The number of benzene rings is 2. The summed E-state index contributed by atoms with van der Waals surface area (Å²) < 4.78 is 18.4. The Morgan fingerprint density at radius 2 is 1.52 bits per heavy atom. The first kappa shape index (κ1) is 34.9. The molecule has 3 aromatic rings. The van der Waals surface area contributed by atoms with Crippen molar-refractivity contribution in [3.8, 4) is 11.5 Å². The Bertz CT molecular complexity index is 1370. The quantitative estimate of drug-likeness (QED) is 0.251. The predicted octanol–water partition coefficient (Wildman–Crippen LogP) is 3.35. The number of carbonyl (C=O) groups is 3. The minimum Gasteiger partial charge on any atom is -0.497 e. The number of hydrogen-bond acceptors (Lipinski definition) is 8. The van der Waals surface area contributed by atoms with Crippen LogP contribution in [0, 0.1) is 6.92 Å². The fourth-order valence-electron chi connectivity index (χ4n) is 4.80. The van der Waals surface area contributed by atoms with Gasteiger partial charge in [-0.15, -0.1) is 24.8 Å². The molecular weight excluding hydrogens is 583 g/mol. The molecule has 0 bridgehead atoms. The number of methoxy groups -OCH3 is 1. The van der Waals surface area contributed by atoms with Crippen LogP contribution in [0.5, 0.6) is 11.5 Å². The Balaban J connectivity index is 0.00000308. The maximum absolute atomic E-state index is 12.8. The number of esters is 2. The van der Waals surface area contributed by atoms with Gasteiger partial charge < -0.3 is 23.7 Å². The second-order valence-corrected chi connectivity index (χ2v) is 10.2. The number of aromatic nitrogens is 1.